The first-order chi connectivity index (χ1) is 16.0. The van der Waals surface area contributed by atoms with Crippen LogP contribution in [0.2, 0.25) is 0 Å². The molecule has 0 unspecified atom stereocenters. The molecule has 0 aliphatic rings. The molecular formula is C26H27N5O2. The summed E-state index contributed by atoms with van der Waals surface area (Å²) in [4.78, 5) is 29.4. The number of carbonyl (C=O) groups excluding carboxylic acids is 2. The topological polar surface area (TPSA) is 81.4 Å². The number of rotatable bonds is 9. The third kappa shape index (κ3) is 6.58. The summed E-state index contributed by atoms with van der Waals surface area (Å²) in [6, 6.07) is 21.9. The first-order valence-corrected chi connectivity index (χ1v) is 10.6. The third-order valence-corrected chi connectivity index (χ3v) is 5.20. The van der Waals surface area contributed by atoms with Crippen molar-refractivity contribution in [3.8, 4) is 6.07 Å². The Balaban J connectivity index is 1.74. The normalized spacial score (nSPS) is 10.2. The number of nitrogens with one attached hydrogen (secondary N) is 1. The van der Waals surface area contributed by atoms with Crippen LogP contribution >= 0.6 is 0 Å². The van der Waals surface area contributed by atoms with Crippen molar-refractivity contribution in [2.45, 2.75) is 13.1 Å². The van der Waals surface area contributed by atoms with E-state index in [9.17, 15) is 9.59 Å². The van der Waals surface area contributed by atoms with Gasteiger partial charge in [0.15, 0.2) is 0 Å². The Bertz CT molecular complexity index is 1130. The fourth-order valence-electron chi connectivity index (χ4n) is 3.36. The van der Waals surface area contributed by atoms with Crippen molar-refractivity contribution >= 4 is 17.6 Å². The Morgan fingerprint density at radius 2 is 1.76 bits per heavy atom. The lowest BCUT2D eigenvalue weighted by atomic mass is 10.2. The van der Waals surface area contributed by atoms with E-state index in [2.05, 4.69) is 11.9 Å². The minimum Gasteiger partial charge on any atom is -0.353 e. The molecule has 0 aliphatic heterocycles. The predicted octanol–water partition coefficient (Wildman–Crippen LogP) is 4.15. The molecule has 0 saturated heterocycles. The van der Waals surface area contributed by atoms with E-state index in [1.165, 1.54) is 4.90 Å². The predicted molar refractivity (Wildman–Crippen MR) is 128 cm³/mol. The number of aromatic nitrogens is 1. The van der Waals surface area contributed by atoms with Gasteiger partial charge in [-0.1, -0.05) is 36.4 Å². The second-order valence-corrected chi connectivity index (χ2v) is 7.63. The number of urea groups is 1. The van der Waals surface area contributed by atoms with Crippen LogP contribution < -0.4 is 5.32 Å². The van der Waals surface area contributed by atoms with Crippen LogP contribution in [0.25, 0.3) is 0 Å². The Morgan fingerprint density at radius 3 is 2.36 bits per heavy atom. The van der Waals surface area contributed by atoms with Crippen molar-refractivity contribution in [1.82, 2.24) is 14.4 Å². The van der Waals surface area contributed by atoms with Crippen molar-refractivity contribution in [2.75, 3.05) is 18.4 Å². The van der Waals surface area contributed by atoms with E-state index >= 15 is 0 Å². The van der Waals surface area contributed by atoms with Crippen LogP contribution in [0.1, 0.15) is 16.8 Å². The van der Waals surface area contributed by atoms with Crippen molar-refractivity contribution in [1.29, 1.82) is 5.26 Å². The molecule has 1 aromatic heterocycles. The van der Waals surface area contributed by atoms with Crippen LogP contribution in [0, 0.1) is 11.3 Å². The molecule has 168 valence electrons. The second-order valence-electron chi connectivity index (χ2n) is 7.63. The molecule has 33 heavy (non-hydrogen) atoms. The molecule has 0 fully saturated rings. The van der Waals surface area contributed by atoms with Gasteiger partial charge in [0.1, 0.15) is 6.54 Å². The minimum atomic E-state index is -0.411. The maximum Gasteiger partial charge on any atom is 0.322 e. The molecule has 0 atom stereocenters. The van der Waals surface area contributed by atoms with Gasteiger partial charge in [-0.2, -0.15) is 5.26 Å². The standard InChI is InChI=1S/C26H27N5O2/c1-3-15-30(26(33)28-23-13-11-21(17-27)12-14-23)20-25(32)31(18-22-8-5-4-6-9-22)19-24-10-7-16-29(24)2/h3-14,16H,1,15,18-20H2,2H3,(H,28,33). The van der Waals surface area contributed by atoms with Gasteiger partial charge in [0.2, 0.25) is 5.91 Å². The molecule has 7 heteroatoms. The molecule has 3 rings (SSSR count). The summed E-state index contributed by atoms with van der Waals surface area (Å²) >= 11 is 0. The highest BCUT2D eigenvalue weighted by Gasteiger charge is 2.22. The molecule has 1 N–H and O–H groups in total. The van der Waals surface area contributed by atoms with E-state index < -0.39 is 6.03 Å². The van der Waals surface area contributed by atoms with Gasteiger partial charge in [-0.05, 0) is 42.0 Å². The quantitative estimate of drug-likeness (QED) is 0.507. The van der Waals surface area contributed by atoms with Crippen LogP contribution in [-0.4, -0.2) is 39.4 Å². The average Bonchev–Trinajstić information content (AvgIpc) is 3.23. The lowest BCUT2D eigenvalue weighted by Crippen LogP contribution is -2.44. The summed E-state index contributed by atoms with van der Waals surface area (Å²) < 4.78 is 1.98. The zero-order valence-corrected chi connectivity index (χ0v) is 18.6. The first kappa shape index (κ1) is 23.4. The third-order valence-electron chi connectivity index (χ3n) is 5.20. The summed E-state index contributed by atoms with van der Waals surface area (Å²) in [5.74, 6) is -0.170. The van der Waals surface area contributed by atoms with E-state index in [4.69, 9.17) is 5.26 Å². The van der Waals surface area contributed by atoms with Crippen LogP contribution in [0.3, 0.4) is 0 Å². The fraction of sp³-hybridized carbons (Fsp3) is 0.192. The van der Waals surface area contributed by atoms with Crippen LogP contribution in [0.5, 0.6) is 0 Å². The van der Waals surface area contributed by atoms with E-state index in [0.717, 1.165) is 11.3 Å². The van der Waals surface area contributed by atoms with E-state index in [-0.39, 0.29) is 19.0 Å². The summed E-state index contributed by atoms with van der Waals surface area (Å²) in [6.07, 6.45) is 3.53. The maximum atomic E-state index is 13.3. The van der Waals surface area contributed by atoms with E-state index in [1.807, 2.05) is 66.3 Å². The number of nitriles is 1. The molecule has 0 radical (unpaired) electrons. The van der Waals surface area contributed by atoms with Gasteiger partial charge in [0, 0.05) is 37.7 Å². The lowest BCUT2D eigenvalue weighted by Gasteiger charge is -2.27. The van der Waals surface area contributed by atoms with Crippen molar-refractivity contribution < 1.29 is 9.59 Å². The Hall–Kier alpha value is -4.31. The lowest BCUT2D eigenvalue weighted by molar-refractivity contribution is -0.133. The van der Waals surface area contributed by atoms with Gasteiger partial charge in [0.25, 0.3) is 0 Å². The molecule has 0 saturated carbocycles. The van der Waals surface area contributed by atoms with Crippen molar-refractivity contribution in [3.63, 3.8) is 0 Å². The zero-order chi connectivity index (χ0) is 23.6. The Morgan fingerprint density at radius 1 is 1.03 bits per heavy atom. The molecule has 0 spiro atoms. The number of carbonyl (C=O) groups is 2. The number of aryl methyl sites for hydroxylation is 1. The monoisotopic (exact) mass is 441 g/mol. The van der Waals surface area contributed by atoms with Crippen LogP contribution in [0.15, 0.2) is 85.6 Å². The largest absolute Gasteiger partial charge is 0.353 e. The molecule has 3 aromatic rings. The summed E-state index contributed by atoms with van der Waals surface area (Å²) in [7, 11) is 1.94. The summed E-state index contributed by atoms with van der Waals surface area (Å²) in [5.41, 5.74) is 3.06. The highest BCUT2D eigenvalue weighted by Crippen LogP contribution is 2.13. The Labute approximate surface area is 194 Å². The number of nitrogens with zero attached hydrogens (tertiary/aromatic N) is 4. The van der Waals surface area contributed by atoms with Crippen LogP contribution in [-0.2, 0) is 24.9 Å². The van der Waals surface area contributed by atoms with Crippen molar-refractivity contribution in [2.24, 2.45) is 7.05 Å². The number of hydrogen-bond donors (Lipinski definition) is 1. The molecule has 1 heterocycles. The van der Waals surface area contributed by atoms with E-state index in [0.29, 0.717) is 24.3 Å². The highest BCUT2D eigenvalue weighted by molar-refractivity contribution is 5.92. The molecule has 7 nitrogen and oxygen atoms in total. The van der Waals surface area contributed by atoms with Gasteiger partial charge in [0.05, 0.1) is 18.2 Å². The SMILES string of the molecule is C=CCN(CC(=O)N(Cc1ccccc1)Cc1cccn1C)C(=O)Nc1ccc(C#N)cc1. The van der Waals surface area contributed by atoms with E-state index in [1.54, 1.807) is 35.2 Å². The molecule has 3 amide bonds. The summed E-state index contributed by atoms with van der Waals surface area (Å²) in [5, 5.41) is 11.7. The van der Waals surface area contributed by atoms with Gasteiger partial charge in [-0.3, -0.25) is 4.79 Å². The zero-order valence-electron chi connectivity index (χ0n) is 18.6. The molecule has 0 aliphatic carbocycles. The van der Waals surface area contributed by atoms with Crippen molar-refractivity contribution in [3.05, 3.63) is 102 Å². The molecular weight excluding hydrogens is 414 g/mol. The number of anilines is 1. The number of benzene rings is 2. The first-order valence-electron chi connectivity index (χ1n) is 10.6. The van der Waals surface area contributed by atoms with Gasteiger partial charge in [-0.25, -0.2) is 4.79 Å². The van der Waals surface area contributed by atoms with Gasteiger partial charge in [-0.15, -0.1) is 6.58 Å². The minimum absolute atomic E-state index is 0.0919. The fourth-order valence-corrected chi connectivity index (χ4v) is 3.36. The second kappa shape index (κ2) is 11.3. The maximum absolute atomic E-state index is 13.3. The van der Waals surface area contributed by atoms with Crippen LogP contribution in [0.4, 0.5) is 10.5 Å². The van der Waals surface area contributed by atoms with Gasteiger partial charge >= 0.3 is 6.03 Å². The highest BCUT2D eigenvalue weighted by atomic mass is 16.2. The number of amides is 3. The molecule has 2 aromatic carbocycles. The molecule has 0 bridgehead atoms. The average molecular weight is 442 g/mol. The summed E-state index contributed by atoms with van der Waals surface area (Å²) in [6.45, 7) is 4.71. The Kier molecular flexibility index (Phi) is 8.03. The van der Waals surface area contributed by atoms with Gasteiger partial charge < -0.3 is 19.7 Å². The number of hydrogen-bond acceptors (Lipinski definition) is 3. The smallest absolute Gasteiger partial charge is 0.322 e.